The van der Waals surface area contributed by atoms with Crippen molar-refractivity contribution in [3.63, 3.8) is 0 Å². The first-order valence-corrected chi connectivity index (χ1v) is 4.81. The van der Waals surface area contributed by atoms with Gasteiger partial charge >= 0.3 is 0 Å². The van der Waals surface area contributed by atoms with E-state index in [0.29, 0.717) is 6.54 Å². The molecule has 0 aliphatic carbocycles. The average molecular weight is 271 g/mol. The van der Waals surface area contributed by atoms with Crippen LogP contribution in [0.2, 0.25) is 0 Å². The standard InChI is InChI=1S/C11H14N2O.BrH/c1-8(14)13-5-9-2-3-10-6-12-7-11(10)4-9;/h2-4,12H,5-7H2,1H3,(H,13,14);1H. The van der Waals surface area contributed by atoms with E-state index in [4.69, 9.17) is 0 Å². The third-order valence-corrected chi connectivity index (χ3v) is 2.44. The highest BCUT2D eigenvalue weighted by molar-refractivity contribution is 8.93. The van der Waals surface area contributed by atoms with Crippen LogP contribution in [-0.2, 0) is 24.4 Å². The second-order valence-corrected chi connectivity index (χ2v) is 3.62. The van der Waals surface area contributed by atoms with Gasteiger partial charge in [0.2, 0.25) is 5.91 Å². The highest BCUT2D eigenvalue weighted by Gasteiger charge is 2.09. The maximum atomic E-state index is 10.7. The van der Waals surface area contributed by atoms with Crippen molar-refractivity contribution >= 4 is 22.9 Å². The average Bonchev–Trinajstić information content (AvgIpc) is 2.61. The van der Waals surface area contributed by atoms with Gasteiger partial charge in [0.05, 0.1) is 0 Å². The molecule has 0 aromatic heterocycles. The Hall–Kier alpha value is -0.870. The number of fused-ring (bicyclic) bond motifs is 1. The van der Waals surface area contributed by atoms with Crippen LogP contribution in [0.3, 0.4) is 0 Å². The number of hydrogen-bond donors (Lipinski definition) is 2. The fourth-order valence-corrected chi connectivity index (χ4v) is 1.68. The number of benzene rings is 1. The molecule has 1 aliphatic rings. The Kier molecular flexibility index (Phi) is 4.29. The summed E-state index contributed by atoms with van der Waals surface area (Å²) in [5.74, 6) is 0.0172. The van der Waals surface area contributed by atoms with Crippen molar-refractivity contribution in [3.8, 4) is 0 Å². The van der Waals surface area contributed by atoms with Gasteiger partial charge in [-0.3, -0.25) is 4.79 Å². The molecule has 2 rings (SSSR count). The molecule has 0 radical (unpaired) electrons. The second-order valence-electron chi connectivity index (χ2n) is 3.62. The Morgan fingerprint density at radius 3 is 2.87 bits per heavy atom. The lowest BCUT2D eigenvalue weighted by Gasteiger charge is -2.04. The van der Waals surface area contributed by atoms with Crippen molar-refractivity contribution in [2.75, 3.05) is 0 Å². The first-order chi connectivity index (χ1) is 6.75. The number of halogens is 1. The fraction of sp³-hybridized carbons (Fsp3) is 0.364. The minimum Gasteiger partial charge on any atom is -0.352 e. The van der Waals surface area contributed by atoms with Gasteiger partial charge in [0, 0.05) is 26.6 Å². The van der Waals surface area contributed by atoms with Crippen molar-refractivity contribution < 1.29 is 4.79 Å². The van der Waals surface area contributed by atoms with Crippen LogP contribution in [0.4, 0.5) is 0 Å². The van der Waals surface area contributed by atoms with Gasteiger partial charge in [-0.15, -0.1) is 17.0 Å². The summed E-state index contributed by atoms with van der Waals surface area (Å²) >= 11 is 0. The smallest absolute Gasteiger partial charge is 0.217 e. The number of carbonyl (C=O) groups excluding carboxylic acids is 1. The van der Waals surface area contributed by atoms with Gasteiger partial charge in [-0.2, -0.15) is 0 Å². The summed E-state index contributed by atoms with van der Waals surface area (Å²) in [5.41, 5.74) is 3.90. The van der Waals surface area contributed by atoms with Crippen LogP contribution in [0.1, 0.15) is 23.6 Å². The van der Waals surface area contributed by atoms with Crippen molar-refractivity contribution in [2.24, 2.45) is 0 Å². The highest BCUT2D eigenvalue weighted by atomic mass is 79.9. The third-order valence-electron chi connectivity index (χ3n) is 2.44. The number of amides is 1. The lowest BCUT2D eigenvalue weighted by molar-refractivity contribution is -0.119. The Bertz CT molecular complexity index is 366. The molecule has 0 unspecified atom stereocenters. The summed E-state index contributed by atoms with van der Waals surface area (Å²) in [5, 5.41) is 6.09. The molecule has 1 heterocycles. The zero-order valence-corrected chi connectivity index (χ0v) is 10.4. The fourth-order valence-electron chi connectivity index (χ4n) is 1.68. The van der Waals surface area contributed by atoms with E-state index in [-0.39, 0.29) is 22.9 Å². The monoisotopic (exact) mass is 270 g/mol. The van der Waals surface area contributed by atoms with Crippen molar-refractivity contribution in [2.45, 2.75) is 26.6 Å². The van der Waals surface area contributed by atoms with Crippen LogP contribution in [0.5, 0.6) is 0 Å². The molecule has 0 saturated carbocycles. The largest absolute Gasteiger partial charge is 0.352 e. The molecule has 0 atom stereocenters. The van der Waals surface area contributed by atoms with Crippen LogP contribution in [-0.4, -0.2) is 5.91 Å². The Balaban J connectivity index is 0.00000112. The molecule has 0 fully saturated rings. The summed E-state index contributed by atoms with van der Waals surface area (Å²) in [7, 11) is 0. The normalized spacial score (nSPS) is 12.9. The molecule has 1 aromatic carbocycles. The van der Waals surface area contributed by atoms with Crippen LogP contribution in [0.15, 0.2) is 18.2 Å². The van der Waals surface area contributed by atoms with E-state index in [0.717, 1.165) is 13.1 Å². The quantitative estimate of drug-likeness (QED) is 0.856. The number of rotatable bonds is 2. The lowest BCUT2D eigenvalue weighted by atomic mass is 10.1. The zero-order chi connectivity index (χ0) is 9.97. The van der Waals surface area contributed by atoms with Crippen LogP contribution >= 0.6 is 17.0 Å². The van der Waals surface area contributed by atoms with E-state index in [1.807, 2.05) is 0 Å². The van der Waals surface area contributed by atoms with E-state index < -0.39 is 0 Å². The van der Waals surface area contributed by atoms with Crippen molar-refractivity contribution in [1.82, 2.24) is 10.6 Å². The lowest BCUT2D eigenvalue weighted by Crippen LogP contribution is -2.18. The van der Waals surface area contributed by atoms with Gasteiger partial charge in [-0.05, 0) is 16.7 Å². The summed E-state index contributed by atoms with van der Waals surface area (Å²) in [6.07, 6.45) is 0. The molecule has 3 nitrogen and oxygen atoms in total. The molecule has 0 bridgehead atoms. The molecule has 0 saturated heterocycles. The van der Waals surface area contributed by atoms with E-state index in [1.165, 1.54) is 23.6 Å². The first-order valence-electron chi connectivity index (χ1n) is 4.81. The van der Waals surface area contributed by atoms with Gasteiger partial charge in [0.1, 0.15) is 0 Å². The first kappa shape index (κ1) is 12.2. The summed E-state index contributed by atoms with van der Waals surface area (Å²) in [6, 6.07) is 6.36. The van der Waals surface area contributed by atoms with E-state index in [1.54, 1.807) is 0 Å². The van der Waals surface area contributed by atoms with E-state index in [9.17, 15) is 4.79 Å². The Morgan fingerprint density at radius 2 is 2.13 bits per heavy atom. The van der Waals surface area contributed by atoms with Crippen LogP contribution < -0.4 is 10.6 Å². The van der Waals surface area contributed by atoms with Gasteiger partial charge in [0.15, 0.2) is 0 Å². The molecule has 15 heavy (non-hydrogen) atoms. The predicted molar refractivity (Wildman–Crippen MR) is 64.8 cm³/mol. The number of nitrogens with one attached hydrogen (secondary N) is 2. The number of hydrogen-bond acceptors (Lipinski definition) is 2. The Labute approximate surface area is 100 Å². The van der Waals surface area contributed by atoms with E-state index in [2.05, 4.69) is 28.8 Å². The molecular weight excluding hydrogens is 256 g/mol. The third kappa shape index (κ3) is 3.04. The molecule has 1 aliphatic heterocycles. The topological polar surface area (TPSA) is 41.1 Å². The predicted octanol–water partition coefficient (Wildman–Crippen LogP) is 1.50. The van der Waals surface area contributed by atoms with Gasteiger partial charge in [0.25, 0.3) is 0 Å². The maximum absolute atomic E-state index is 10.7. The molecule has 82 valence electrons. The minimum atomic E-state index is 0. The Morgan fingerprint density at radius 1 is 1.40 bits per heavy atom. The maximum Gasteiger partial charge on any atom is 0.217 e. The SMILES string of the molecule is Br.CC(=O)NCc1ccc2c(c1)CNC2. The highest BCUT2D eigenvalue weighted by Crippen LogP contribution is 2.16. The molecular formula is C11H15BrN2O. The van der Waals surface area contributed by atoms with E-state index >= 15 is 0 Å². The second kappa shape index (κ2) is 5.28. The number of carbonyl (C=O) groups is 1. The van der Waals surface area contributed by atoms with Crippen LogP contribution in [0.25, 0.3) is 0 Å². The minimum absolute atomic E-state index is 0. The van der Waals surface area contributed by atoms with Crippen molar-refractivity contribution in [3.05, 3.63) is 34.9 Å². The summed E-state index contributed by atoms with van der Waals surface area (Å²) < 4.78 is 0. The molecule has 1 aromatic rings. The molecule has 4 heteroatoms. The van der Waals surface area contributed by atoms with Crippen molar-refractivity contribution in [1.29, 1.82) is 0 Å². The van der Waals surface area contributed by atoms with Gasteiger partial charge in [-0.25, -0.2) is 0 Å². The summed E-state index contributed by atoms with van der Waals surface area (Å²) in [4.78, 5) is 10.7. The summed E-state index contributed by atoms with van der Waals surface area (Å²) in [6.45, 7) is 4.08. The molecule has 2 N–H and O–H groups in total. The van der Waals surface area contributed by atoms with Crippen LogP contribution in [0, 0.1) is 0 Å². The van der Waals surface area contributed by atoms with Gasteiger partial charge in [-0.1, -0.05) is 18.2 Å². The zero-order valence-electron chi connectivity index (χ0n) is 8.67. The van der Waals surface area contributed by atoms with Gasteiger partial charge < -0.3 is 10.6 Å². The molecule has 1 amide bonds. The molecule has 0 spiro atoms.